The number of pyridine rings is 1. The van der Waals surface area contributed by atoms with Gasteiger partial charge in [-0.1, -0.05) is 12.2 Å². The quantitative estimate of drug-likeness (QED) is 0.843. The third-order valence-corrected chi connectivity index (χ3v) is 4.87. The minimum Gasteiger partial charge on any atom is -0.389 e. The molecule has 5 heteroatoms. The maximum atomic E-state index is 5.98. The molecule has 0 bridgehead atoms. The van der Waals surface area contributed by atoms with Crippen LogP contribution in [0.1, 0.15) is 36.6 Å². The Morgan fingerprint density at radius 1 is 1.33 bits per heavy atom. The Morgan fingerprint density at radius 3 is 2.81 bits per heavy atom. The molecule has 3 rings (SSSR count). The highest BCUT2D eigenvalue weighted by molar-refractivity contribution is 7.80. The van der Waals surface area contributed by atoms with Crippen molar-refractivity contribution < 1.29 is 0 Å². The fourth-order valence-corrected chi connectivity index (χ4v) is 3.63. The average molecular weight is 304 g/mol. The van der Waals surface area contributed by atoms with Gasteiger partial charge < -0.3 is 15.5 Å². The Bertz CT molecular complexity index is 557. The second-order valence-corrected chi connectivity index (χ2v) is 6.78. The summed E-state index contributed by atoms with van der Waals surface area (Å²) in [6, 6.07) is 2.63. The maximum absolute atomic E-state index is 5.98. The van der Waals surface area contributed by atoms with E-state index in [1.807, 2.05) is 0 Å². The summed E-state index contributed by atoms with van der Waals surface area (Å²) >= 11 is 5.29. The number of aryl methyl sites for hydroxylation is 2. The summed E-state index contributed by atoms with van der Waals surface area (Å²) in [5, 5.41) is 0. The zero-order valence-corrected chi connectivity index (χ0v) is 13.7. The molecule has 0 radical (unpaired) electrons. The van der Waals surface area contributed by atoms with Crippen LogP contribution in [0.15, 0.2) is 6.07 Å². The van der Waals surface area contributed by atoms with Crippen molar-refractivity contribution in [3.8, 4) is 0 Å². The number of rotatable bonds is 2. The average Bonchev–Trinajstić information content (AvgIpc) is 2.46. The molecule has 0 spiro atoms. The monoisotopic (exact) mass is 304 g/mol. The van der Waals surface area contributed by atoms with Gasteiger partial charge >= 0.3 is 0 Å². The van der Waals surface area contributed by atoms with Crippen LogP contribution in [0.5, 0.6) is 0 Å². The maximum Gasteiger partial charge on any atom is 0.139 e. The van der Waals surface area contributed by atoms with Crippen molar-refractivity contribution in [1.82, 2.24) is 9.88 Å². The van der Waals surface area contributed by atoms with Crippen molar-refractivity contribution in [2.75, 3.05) is 31.6 Å². The van der Waals surface area contributed by atoms with Crippen molar-refractivity contribution >= 4 is 23.0 Å². The number of aromatic nitrogens is 1. The highest BCUT2D eigenvalue weighted by Gasteiger charge is 2.27. The highest BCUT2D eigenvalue weighted by atomic mass is 32.1. The number of nitrogens with two attached hydrogens (primary N) is 1. The van der Waals surface area contributed by atoms with E-state index in [9.17, 15) is 0 Å². The highest BCUT2D eigenvalue weighted by Crippen LogP contribution is 2.28. The second kappa shape index (κ2) is 5.89. The largest absolute Gasteiger partial charge is 0.389 e. The fraction of sp³-hybridized carbons (Fsp3) is 0.625. The number of thiocarbonyl (C=S) groups is 1. The van der Waals surface area contributed by atoms with E-state index in [2.05, 4.69) is 29.8 Å². The predicted octanol–water partition coefficient (Wildman–Crippen LogP) is 1.73. The summed E-state index contributed by atoms with van der Waals surface area (Å²) in [7, 11) is 2.17. The molecule has 0 saturated carbocycles. The molecule has 1 aromatic heterocycles. The lowest BCUT2D eigenvalue weighted by Crippen LogP contribution is -2.51. The van der Waals surface area contributed by atoms with Crippen LogP contribution in [0, 0.1) is 0 Å². The number of piperazine rings is 1. The van der Waals surface area contributed by atoms with Crippen LogP contribution < -0.4 is 10.6 Å². The van der Waals surface area contributed by atoms with Gasteiger partial charge in [-0.05, 0) is 51.3 Å². The number of hydrogen-bond donors (Lipinski definition) is 1. The summed E-state index contributed by atoms with van der Waals surface area (Å²) < 4.78 is 0. The van der Waals surface area contributed by atoms with E-state index in [-0.39, 0.29) is 0 Å². The van der Waals surface area contributed by atoms with E-state index in [0.29, 0.717) is 11.0 Å². The van der Waals surface area contributed by atoms with Gasteiger partial charge in [0.1, 0.15) is 10.8 Å². The van der Waals surface area contributed by atoms with Gasteiger partial charge in [0.25, 0.3) is 0 Å². The van der Waals surface area contributed by atoms with Gasteiger partial charge in [0.15, 0.2) is 0 Å². The first kappa shape index (κ1) is 14.7. The molecule has 114 valence electrons. The normalized spacial score (nSPS) is 23.0. The summed E-state index contributed by atoms with van der Waals surface area (Å²) in [5.41, 5.74) is 9.54. The van der Waals surface area contributed by atoms with Crippen LogP contribution in [-0.4, -0.2) is 47.6 Å². The standard InChI is InChI=1S/C16H24N4S/c1-11-10-19(2)7-8-20(11)16-13(15(17)21)9-12-5-3-4-6-14(12)18-16/h9,11H,3-8,10H2,1-2H3,(H2,17,21). The molecule has 1 aliphatic heterocycles. The summed E-state index contributed by atoms with van der Waals surface area (Å²) in [5.74, 6) is 1.00. The van der Waals surface area contributed by atoms with Crippen LogP contribution in [-0.2, 0) is 12.8 Å². The van der Waals surface area contributed by atoms with E-state index in [0.717, 1.165) is 43.9 Å². The van der Waals surface area contributed by atoms with Crippen LogP contribution in [0.2, 0.25) is 0 Å². The lowest BCUT2D eigenvalue weighted by molar-refractivity contribution is 0.274. The van der Waals surface area contributed by atoms with Crippen molar-refractivity contribution in [2.24, 2.45) is 5.73 Å². The SMILES string of the molecule is CC1CN(C)CCN1c1nc2c(cc1C(N)=S)CCCC2. The Balaban J connectivity index is 2.01. The minimum atomic E-state index is 0.436. The van der Waals surface area contributed by atoms with Crippen molar-refractivity contribution in [1.29, 1.82) is 0 Å². The Hall–Kier alpha value is -1.20. The van der Waals surface area contributed by atoms with Gasteiger partial charge in [-0.2, -0.15) is 0 Å². The molecule has 1 aromatic rings. The van der Waals surface area contributed by atoms with Crippen molar-refractivity contribution in [3.05, 3.63) is 22.9 Å². The summed E-state index contributed by atoms with van der Waals surface area (Å²) in [6.07, 6.45) is 4.68. The van der Waals surface area contributed by atoms with Gasteiger partial charge in [-0.3, -0.25) is 0 Å². The molecule has 21 heavy (non-hydrogen) atoms. The van der Waals surface area contributed by atoms with E-state index in [4.69, 9.17) is 22.9 Å². The number of hydrogen-bond acceptors (Lipinski definition) is 4. The van der Waals surface area contributed by atoms with E-state index >= 15 is 0 Å². The molecule has 1 aliphatic carbocycles. The lowest BCUT2D eigenvalue weighted by Gasteiger charge is -2.40. The first-order chi connectivity index (χ1) is 10.1. The Labute approximate surface area is 132 Å². The Morgan fingerprint density at radius 2 is 2.10 bits per heavy atom. The zero-order valence-electron chi connectivity index (χ0n) is 12.9. The fourth-order valence-electron chi connectivity index (χ4n) is 3.48. The van der Waals surface area contributed by atoms with Gasteiger partial charge in [0, 0.05) is 31.4 Å². The molecule has 1 atom stereocenters. The number of nitrogens with zero attached hydrogens (tertiary/aromatic N) is 3. The minimum absolute atomic E-state index is 0.436. The van der Waals surface area contributed by atoms with Crippen LogP contribution in [0.25, 0.3) is 0 Å². The van der Waals surface area contributed by atoms with Crippen LogP contribution >= 0.6 is 12.2 Å². The van der Waals surface area contributed by atoms with Crippen LogP contribution in [0.3, 0.4) is 0 Å². The van der Waals surface area contributed by atoms with E-state index in [1.165, 1.54) is 24.1 Å². The molecule has 1 unspecified atom stereocenters. The topological polar surface area (TPSA) is 45.4 Å². The molecule has 2 aliphatic rings. The summed E-state index contributed by atoms with van der Waals surface area (Å²) in [4.78, 5) is 10.2. The Kier molecular flexibility index (Phi) is 4.13. The van der Waals surface area contributed by atoms with E-state index < -0.39 is 0 Å². The smallest absolute Gasteiger partial charge is 0.139 e. The molecule has 1 fully saturated rings. The van der Waals surface area contributed by atoms with Gasteiger partial charge in [0.05, 0.1) is 5.56 Å². The molecule has 2 N–H and O–H groups in total. The van der Waals surface area contributed by atoms with Gasteiger partial charge in [-0.25, -0.2) is 4.98 Å². The van der Waals surface area contributed by atoms with Crippen molar-refractivity contribution in [3.63, 3.8) is 0 Å². The third-order valence-electron chi connectivity index (χ3n) is 4.65. The molecule has 0 amide bonds. The second-order valence-electron chi connectivity index (χ2n) is 6.34. The third kappa shape index (κ3) is 2.90. The molecule has 0 aromatic carbocycles. The van der Waals surface area contributed by atoms with Crippen LogP contribution in [0.4, 0.5) is 5.82 Å². The number of fused-ring (bicyclic) bond motifs is 1. The van der Waals surface area contributed by atoms with E-state index in [1.54, 1.807) is 0 Å². The predicted molar refractivity (Wildman–Crippen MR) is 91.1 cm³/mol. The summed E-state index contributed by atoms with van der Waals surface area (Å²) in [6.45, 7) is 5.34. The molecule has 2 heterocycles. The first-order valence-electron chi connectivity index (χ1n) is 7.84. The number of likely N-dealkylation sites (N-methyl/N-ethyl adjacent to an activating group) is 1. The van der Waals surface area contributed by atoms with Crippen molar-refractivity contribution in [2.45, 2.75) is 38.6 Å². The zero-order chi connectivity index (χ0) is 15.0. The van der Waals surface area contributed by atoms with Gasteiger partial charge in [-0.15, -0.1) is 0 Å². The number of anilines is 1. The lowest BCUT2D eigenvalue weighted by atomic mass is 9.94. The molecule has 1 saturated heterocycles. The molecular formula is C16H24N4S. The molecule has 4 nitrogen and oxygen atoms in total. The van der Waals surface area contributed by atoms with Gasteiger partial charge in [0.2, 0.25) is 0 Å². The first-order valence-corrected chi connectivity index (χ1v) is 8.25. The molecular weight excluding hydrogens is 280 g/mol.